The minimum Gasteiger partial charge on any atom is -0.228 e. The van der Waals surface area contributed by atoms with Crippen molar-refractivity contribution in [2.75, 3.05) is 0 Å². The van der Waals surface area contributed by atoms with Crippen LogP contribution in [0.2, 0.25) is 0 Å². The van der Waals surface area contributed by atoms with Crippen molar-refractivity contribution in [2.45, 2.75) is 5.41 Å². The molecule has 2 heteroatoms. The van der Waals surface area contributed by atoms with E-state index >= 15 is 0 Å². The molecule has 0 unspecified atom stereocenters. The van der Waals surface area contributed by atoms with E-state index in [-0.39, 0.29) is 0 Å². The van der Waals surface area contributed by atoms with Gasteiger partial charge in [0, 0.05) is 16.7 Å². The molecular formula is C59H36N2. The zero-order valence-electron chi connectivity index (χ0n) is 33.2. The number of nitrogens with zero attached hydrogens (tertiary/aromatic N) is 2. The molecule has 2 aliphatic carbocycles. The standard InChI is InChI=1S/C59H36N2/c1-2-16-37(17-3-1)55-36-56(40-19-14-18-38(34-40)39-32-33-45-43-22-5-4-20-41(43)42-21-6-7-23-44(42)50(45)35-39)61-58(60-55)49-27-15-31-54-57(49)48-26-10-13-30-53(48)59(54)51-28-11-8-24-46(51)47-25-9-12-29-52(47)59/h1-36H. The van der Waals surface area contributed by atoms with Crippen molar-refractivity contribution in [2.24, 2.45) is 0 Å². The van der Waals surface area contributed by atoms with Crippen LogP contribution in [0, 0.1) is 0 Å². The molecule has 2 nitrogen and oxygen atoms in total. The Morgan fingerprint density at radius 2 is 0.705 bits per heavy atom. The lowest BCUT2D eigenvalue weighted by Crippen LogP contribution is -2.25. The fraction of sp³-hybridized carbons (Fsp3) is 0.0169. The lowest BCUT2D eigenvalue weighted by molar-refractivity contribution is 0.794. The van der Waals surface area contributed by atoms with Gasteiger partial charge in [-0.3, -0.25) is 0 Å². The third-order valence-electron chi connectivity index (χ3n) is 13.3. The molecule has 0 N–H and O–H groups in total. The summed E-state index contributed by atoms with van der Waals surface area (Å²) in [4.78, 5) is 10.9. The summed E-state index contributed by atoms with van der Waals surface area (Å²) in [5.74, 6) is 0.717. The van der Waals surface area contributed by atoms with E-state index in [2.05, 4.69) is 218 Å². The molecule has 0 saturated heterocycles. The highest BCUT2D eigenvalue weighted by Gasteiger charge is 2.52. The van der Waals surface area contributed by atoms with Crippen molar-refractivity contribution in [3.8, 4) is 67.3 Å². The number of aromatic nitrogens is 2. The molecule has 0 amide bonds. The first-order chi connectivity index (χ1) is 30.3. The van der Waals surface area contributed by atoms with E-state index in [1.165, 1.54) is 82.4 Å². The Balaban J connectivity index is 1.01. The lowest BCUT2D eigenvalue weighted by atomic mass is 9.70. The molecule has 0 fully saturated rings. The first kappa shape index (κ1) is 34.0. The van der Waals surface area contributed by atoms with Crippen LogP contribution in [0.3, 0.4) is 0 Å². The molecule has 2 aliphatic rings. The molecule has 282 valence electrons. The van der Waals surface area contributed by atoms with Crippen LogP contribution in [-0.4, -0.2) is 9.97 Å². The molecule has 1 spiro atoms. The summed E-state index contributed by atoms with van der Waals surface area (Å²) in [6.45, 7) is 0. The molecule has 1 heterocycles. The number of fused-ring (bicyclic) bond motifs is 16. The Hall–Kier alpha value is -7.94. The number of hydrogen-bond donors (Lipinski definition) is 0. The third kappa shape index (κ3) is 4.85. The summed E-state index contributed by atoms with van der Waals surface area (Å²) in [6.07, 6.45) is 0. The molecule has 10 aromatic carbocycles. The van der Waals surface area contributed by atoms with E-state index in [0.717, 1.165) is 33.6 Å². The van der Waals surface area contributed by atoms with Crippen LogP contribution in [-0.2, 0) is 5.41 Å². The third-order valence-corrected chi connectivity index (χ3v) is 13.3. The van der Waals surface area contributed by atoms with Crippen molar-refractivity contribution in [3.05, 3.63) is 241 Å². The second-order valence-corrected chi connectivity index (χ2v) is 16.4. The van der Waals surface area contributed by atoms with Crippen LogP contribution in [0.5, 0.6) is 0 Å². The molecular weight excluding hydrogens is 737 g/mol. The largest absolute Gasteiger partial charge is 0.228 e. The van der Waals surface area contributed by atoms with Gasteiger partial charge in [0.1, 0.15) is 0 Å². The van der Waals surface area contributed by atoms with Gasteiger partial charge < -0.3 is 0 Å². The summed E-state index contributed by atoms with van der Waals surface area (Å²) in [7, 11) is 0. The molecule has 0 saturated carbocycles. The highest BCUT2D eigenvalue weighted by Crippen LogP contribution is 2.63. The van der Waals surface area contributed by atoms with Gasteiger partial charge in [-0.05, 0) is 106 Å². The van der Waals surface area contributed by atoms with Gasteiger partial charge >= 0.3 is 0 Å². The van der Waals surface area contributed by atoms with Crippen molar-refractivity contribution in [3.63, 3.8) is 0 Å². The molecule has 0 radical (unpaired) electrons. The molecule has 61 heavy (non-hydrogen) atoms. The first-order valence-corrected chi connectivity index (χ1v) is 21.1. The first-order valence-electron chi connectivity index (χ1n) is 21.1. The summed E-state index contributed by atoms with van der Waals surface area (Å²) in [6, 6.07) is 79.6. The quantitative estimate of drug-likeness (QED) is 0.167. The predicted molar refractivity (Wildman–Crippen MR) is 253 cm³/mol. The second kappa shape index (κ2) is 13.0. The van der Waals surface area contributed by atoms with Gasteiger partial charge in [0.25, 0.3) is 0 Å². The fourth-order valence-corrected chi connectivity index (χ4v) is 10.7. The molecule has 13 rings (SSSR count). The van der Waals surface area contributed by atoms with E-state index in [4.69, 9.17) is 9.97 Å². The molecule has 0 aliphatic heterocycles. The highest BCUT2D eigenvalue weighted by molar-refractivity contribution is 6.25. The van der Waals surface area contributed by atoms with Gasteiger partial charge in [0.05, 0.1) is 16.8 Å². The molecule has 1 aromatic heterocycles. The minimum atomic E-state index is -0.444. The van der Waals surface area contributed by atoms with Crippen LogP contribution in [0.1, 0.15) is 22.3 Å². The van der Waals surface area contributed by atoms with Crippen molar-refractivity contribution in [1.29, 1.82) is 0 Å². The van der Waals surface area contributed by atoms with Gasteiger partial charge in [-0.25, -0.2) is 9.97 Å². The Bertz CT molecular complexity index is 3520. The summed E-state index contributed by atoms with van der Waals surface area (Å²) in [5.41, 5.74) is 17.0. The van der Waals surface area contributed by atoms with Crippen molar-refractivity contribution >= 4 is 32.3 Å². The Morgan fingerprint density at radius 1 is 0.262 bits per heavy atom. The normalized spacial score (nSPS) is 13.0. The van der Waals surface area contributed by atoms with E-state index in [1.54, 1.807) is 0 Å². The lowest BCUT2D eigenvalue weighted by Gasteiger charge is -2.30. The smallest absolute Gasteiger partial charge is 0.161 e. The number of hydrogen-bond acceptors (Lipinski definition) is 2. The average molecular weight is 773 g/mol. The van der Waals surface area contributed by atoms with Crippen LogP contribution in [0.25, 0.3) is 99.6 Å². The zero-order chi connectivity index (χ0) is 40.1. The van der Waals surface area contributed by atoms with Crippen LogP contribution in [0.4, 0.5) is 0 Å². The maximum Gasteiger partial charge on any atom is 0.161 e. The SMILES string of the molecule is c1ccc(-c2cc(-c3cccc(-c4ccc5c6ccccc6c6ccccc6c5c4)c3)nc(-c3cccc4c3-c3ccccc3C43c4ccccc4-c4ccccc43)n2)cc1. The molecule has 11 aromatic rings. The number of rotatable bonds is 4. The maximum absolute atomic E-state index is 5.50. The fourth-order valence-electron chi connectivity index (χ4n) is 10.7. The van der Waals surface area contributed by atoms with Gasteiger partial charge in [0.2, 0.25) is 0 Å². The monoisotopic (exact) mass is 772 g/mol. The van der Waals surface area contributed by atoms with E-state index in [0.29, 0.717) is 5.82 Å². The van der Waals surface area contributed by atoms with Crippen LogP contribution < -0.4 is 0 Å². The zero-order valence-corrected chi connectivity index (χ0v) is 33.2. The van der Waals surface area contributed by atoms with Gasteiger partial charge in [-0.1, -0.05) is 200 Å². The van der Waals surface area contributed by atoms with Gasteiger partial charge in [-0.2, -0.15) is 0 Å². The summed E-state index contributed by atoms with van der Waals surface area (Å²) in [5, 5.41) is 7.64. The molecule has 0 atom stereocenters. The van der Waals surface area contributed by atoms with E-state index in [9.17, 15) is 0 Å². The highest BCUT2D eigenvalue weighted by atomic mass is 14.9. The maximum atomic E-state index is 5.50. The number of benzene rings is 10. The summed E-state index contributed by atoms with van der Waals surface area (Å²) < 4.78 is 0. The van der Waals surface area contributed by atoms with Crippen molar-refractivity contribution in [1.82, 2.24) is 9.97 Å². The van der Waals surface area contributed by atoms with Crippen molar-refractivity contribution < 1.29 is 0 Å². The average Bonchev–Trinajstić information content (AvgIpc) is 3.82. The molecule has 0 bridgehead atoms. The van der Waals surface area contributed by atoms with E-state index < -0.39 is 5.41 Å². The Morgan fingerprint density at radius 3 is 1.38 bits per heavy atom. The van der Waals surface area contributed by atoms with Gasteiger partial charge in [-0.15, -0.1) is 0 Å². The Labute approximate surface area is 354 Å². The second-order valence-electron chi connectivity index (χ2n) is 16.4. The summed E-state index contributed by atoms with van der Waals surface area (Å²) >= 11 is 0. The van der Waals surface area contributed by atoms with Gasteiger partial charge in [0.15, 0.2) is 5.82 Å². The van der Waals surface area contributed by atoms with Crippen LogP contribution >= 0.6 is 0 Å². The van der Waals surface area contributed by atoms with E-state index in [1.807, 2.05) is 0 Å². The minimum absolute atomic E-state index is 0.444. The predicted octanol–water partition coefficient (Wildman–Crippen LogP) is 14.9. The Kier molecular flexibility index (Phi) is 7.26. The topological polar surface area (TPSA) is 25.8 Å². The van der Waals surface area contributed by atoms with Crippen LogP contribution in [0.15, 0.2) is 218 Å².